The Kier molecular flexibility index (Phi) is 4.65. The van der Waals surface area contributed by atoms with Gasteiger partial charge in [0.25, 0.3) is 0 Å². The van der Waals surface area contributed by atoms with Gasteiger partial charge in [0.2, 0.25) is 5.91 Å². The lowest BCUT2D eigenvalue weighted by molar-refractivity contribution is -0.129. The Morgan fingerprint density at radius 1 is 1.30 bits per heavy atom. The van der Waals surface area contributed by atoms with E-state index in [1.54, 1.807) is 12.0 Å². The summed E-state index contributed by atoms with van der Waals surface area (Å²) in [5.41, 5.74) is 6.36. The third kappa shape index (κ3) is 2.66. The van der Waals surface area contributed by atoms with Crippen molar-refractivity contribution in [3.63, 3.8) is 0 Å². The van der Waals surface area contributed by atoms with E-state index in [9.17, 15) is 4.79 Å². The number of amides is 1. The molecule has 1 fully saturated rings. The van der Waals surface area contributed by atoms with Gasteiger partial charge < -0.3 is 15.4 Å². The van der Waals surface area contributed by atoms with Crippen LogP contribution in [0.2, 0.25) is 0 Å². The smallest absolute Gasteiger partial charge is 0.234 e. The fraction of sp³-hybridized carbons (Fsp3) is 0.562. The Morgan fingerprint density at radius 2 is 1.95 bits per heavy atom. The molecule has 0 saturated heterocycles. The number of para-hydroxylation sites is 2. The highest BCUT2D eigenvalue weighted by molar-refractivity contribution is 5.98. The summed E-state index contributed by atoms with van der Waals surface area (Å²) in [7, 11) is 3.43. The molecule has 110 valence electrons. The fourth-order valence-corrected chi connectivity index (χ4v) is 3.11. The number of rotatable bonds is 4. The molecule has 0 unspecified atom stereocenters. The van der Waals surface area contributed by atoms with Crippen molar-refractivity contribution in [1.29, 1.82) is 0 Å². The van der Waals surface area contributed by atoms with E-state index in [2.05, 4.69) is 0 Å². The molecule has 1 aromatic carbocycles. The van der Waals surface area contributed by atoms with Crippen molar-refractivity contribution in [3.8, 4) is 5.75 Å². The van der Waals surface area contributed by atoms with Gasteiger partial charge in [-0.25, -0.2) is 0 Å². The van der Waals surface area contributed by atoms with Crippen LogP contribution in [0.5, 0.6) is 5.75 Å². The number of methoxy groups -OCH3 is 1. The van der Waals surface area contributed by atoms with Crippen LogP contribution in [0.4, 0.5) is 5.69 Å². The molecule has 1 aliphatic carbocycles. The Labute approximate surface area is 120 Å². The van der Waals surface area contributed by atoms with E-state index >= 15 is 0 Å². The minimum absolute atomic E-state index is 0.115. The van der Waals surface area contributed by atoms with E-state index in [0.29, 0.717) is 12.3 Å². The highest BCUT2D eigenvalue weighted by Gasteiger charge is 2.40. The maximum Gasteiger partial charge on any atom is 0.234 e. The fourth-order valence-electron chi connectivity index (χ4n) is 3.11. The van der Waals surface area contributed by atoms with Crippen molar-refractivity contribution in [2.45, 2.75) is 32.1 Å². The molecule has 1 amide bonds. The Morgan fingerprint density at radius 3 is 2.55 bits per heavy atom. The van der Waals surface area contributed by atoms with Crippen molar-refractivity contribution in [2.75, 3.05) is 25.6 Å². The quantitative estimate of drug-likeness (QED) is 0.919. The van der Waals surface area contributed by atoms with Crippen LogP contribution >= 0.6 is 0 Å². The van der Waals surface area contributed by atoms with Gasteiger partial charge in [0, 0.05) is 13.6 Å². The van der Waals surface area contributed by atoms with Crippen LogP contribution in [0, 0.1) is 5.41 Å². The van der Waals surface area contributed by atoms with Crippen molar-refractivity contribution >= 4 is 11.6 Å². The summed E-state index contributed by atoms with van der Waals surface area (Å²) >= 11 is 0. The van der Waals surface area contributed by atoms with Crippen LogP contribution < -0.4 is 15.4 Å². The number of ether oxygens (including phenoxy) is 1. The molecule has 1 saturated carbocycles. The zero-order valence-corrected chi connectivity index (χ0v) is 12.4. The predicted octanol–water partition coefficient (Wildman–Crippen LogP) is 2.57. The van der Waals surface area contributed by atoms with Gasteiger partial charge in [-0.05, 0) is 25.0 Å². The number of carbonyl (C=O) groups is 1. The van der Waals surface area contributed by atoms with Crippen LogP contribution in [0.1, 0.15) is 32.1 Å². The van der Waals surface area contributed by atoms with E-state index in [1.807, 2.05) is 31.3 Å². The minimum Gasteiger partial charge on any atom is -0.495 e. The maximum atomic E-state index is 12.9. The number of nitrogens with zero attached hydrogens (tertiary/aromatic N) is 1. The number of hydrogen-bond acceptors (Lipinski definition) is 3. The third-order valence-electron chi connectivity index (χ3n) is 4.41. The first kappa shape index (κ1) is 14.9. The van der Waals surface area contributed by atoms with Gasteiger partial charge in [0.1, 0.15) is 5.75 Å². The summed E-state index contributed by atoms with van der Waals surface area (Å²) in [5, 5.41) is 0. The summed E-state index contributed by atoms with van der Waals surface area (Å²) in [6.07, 6.45) is 5.16. The first-order valence-corrected chi connectivity index (χ1v) is 7.26. The van der Waals surface area contributed by atoms with Gasteiger partial charge in [0.05, 0.1) is 18.2 Å². The summed E-state index contributed by atoms with van der Waals surface area (Å²) in [6, 6.07) is 7.59. The molecule has 0 atom stereocenters. The number of carbonyl (C=O) groups excluding carboxylic acids is 1. The molecule has 0 aliphatic heterocycles. The molecule has 2 rings (SSSR count). The average molecular weight is 276 g/mol. The van der Waals surface area contributed by atoms with Crippen LogP contribution in [0.3, 0.4) is 0 Å². The van der Waals surface area contributed by atoms with E-state index in [0.717, 1.165) is 31.4 Å². The zero-order chi connectivity index (χ0) is 14.6. The second-order valence-corrected chi connectivity index (χ2v) is 5.58. The third-order valence-corrected chi connectivity index (χ3v) is 4.41. The maximum absolute atomic E-state index is 12.9. The highest BCUT2D eigenvalue weighted by atomic mass is 16.5. The number of nitrogens with two attached hydrogens (primary N) is 1. The minimum atomic E-state index is -0.395. The van der Waals surface area contributed by atoms with Crippen LogP contribution in [0.25, 0.3) is 0 Å². The van der Waals surface area contributed by atoms with E-state index in [-0.39, 0.29) is 5.91 Å². The molecular weight excluding hydrogens is 252 g/mol. The van der Waals surface area contributed by atoms with Gasteiger partial charge in [-0.15, -0.1) is 0 Å². The topological polar surface area (TPSA) is 55.6 Å². The van der Waals surface area contributed by atoms with Gasteiger partial charge >= 0.3 is 0 Å². The van der Waals surface area contributed by atoms with Crippen LogP contribution in [-0.4, -0.2) is 26.6 Å². The number of hydrogen-bond donors (Lipinski definition) is 1. The van der Waals surface area contributed by atoms with Gasteiger partial charge in [-0.3, -0.25) is 4.79 Å². The number of benzene rings is 1. The van der Waals surface area contributed by atoms with Crippen molar-refractivity contribution in [2.24, 2.45) is 11.1 Å². The Balaban J connectivity index is 2.27. The van der Waals surface area contributed by atoms with Crippen molar-refractivity contribution < 1.29 is 9.53 Å². The second kappa shape index (κ2) is 6.27. The summed E-state index contributed by atoms with van der Waals surface area (Å²) in [6.45, 7) is 0.422. The first-order chi connectivity index (χ1) is 9.64. The van der Waals surface area contributed by atoms with Crippen LogP contribution in [0.15, 0.2) is 24.3 Å². The molecule has 0 heterocycles. The van der Waals surface area contributed by atoms with Crippen LogP contribution in [-0.2, 0) is 4.79 Å². The largest absolute Gasteiger partial charge is 0.495 e. The monoisotopic (exact) mass is 276 g/mol. The average Bonchev–Trinajstić information content (AvgIpc) is 2.54. The molecule has 0 spiro atoms. The molecule has 1 aliphatic rings. The van der Waals surface area contributed by atoms with Gasteiger partial charge in [-0.2, -0.15) is 0 Å². The summed E-state index contributed by atoms with van der Waals surface area (Å²) < 4.78 is 5.35. The van der Waals surface area contributed by atoms with Gasteiger partial charge in [-0.1, -0.05) is 31.4 Å². The van der Waals surface area contributed by atoms with E-state index < -0.39 is 5.41 Å². The van der Waals surface area contributed by atoms with E-state index in [4.69, 9.17) is 10.5 Å². The molecule has 4 heteroatoms. The molecule has 1 aromatic rings. The predicted molar refractivity (Wildman–Crippen MR) is 81.0 cm³/mol. The summed E-state index contributed by atoms with van der Waals surface area (Å²) in [5.74, 6) is 0.829. The van der Waals surface area contributed by atoms with E-state index in [1.165, 1.54) is 6.42 Å². The SMILES string of the molecule is COc1ccccc1N(C)C(=O)C1(CN)CCCCC1. The summed E-state index contributed by atoms with van der Waals surface area (Å²) in [4.78, 5) is 14.6. The van der Waals surface area contributed by atoms with Crippen molar-refractivity contribution in [1.82, 2.24) is 0 Å². The Hall–Kier alpha value is -1.55. The lowest BCUT2D eigenvalue weighted by atomic mass is 9.73. The molecule has 0 aromatic heterocycles. The lowest BCUT2D eigenvalue weighted by Gasteiger charge is -2.38. The molecule has 2 N–H and O–H groups in total. The van der Waals surface area contributed by atoms with Gasteiger partial charge in [0.15, 0.2) is 0 Å². The normalized spacial score (nSPS) is 17.6. The highest BCUT2D eigenvalue weighted by Crippen LogP contribution is 2.39. The molecule has 4 nitrogen and oxygen atoms in total. The lowest BCUT2D eigenvalue weighted by Crippen LogP contribution is -2.48. The first-order valence-electron chi connectivity index (χ1n) is 7.26. The molecule has 0 radical (unpaired) electrons. The molecule has 0 bridgehead atoms. The molecular formula is C16H24N2O2. The standard InChI is InChI=1S/C16H24N2O2/c1-18(13-8-4-5-9-14(13)20-2)15(19)16(12-17)10-6-3-7-11-16/h4-5,8-9H,3,6-7,10-12,17H2,1-2H3. The molecule has 20 heavy (non-hydrogen) atoms. The van der Waals surface area contributed by atoms with Crippen molar-refractivity contribution in [3.05, 3.63) is 24.3 Å². The Bertz CT molecular complexity index is 467. The number of anilines is 1. The second-order valence-electron chi connectivity index (χ2n) is 5.58. The zero-order valence-electron chi connectivity index (χ0n) is 12.4.